The second-order valence-electron chi connectivity index (χ2n) is 23.9. The number of rotatable bonds is 11. The van der Waals surface area contributed by atoms with Crippen LogP contribution in [0.25, 0.3) is 83.3 Å². The molecule has 0 fully saturated rings. The van der Waals surface area contributed by atoms with E-state index >= 15 is 0 Å². The van der Waals surface area contributed by atoms with E-state index in [2.05, 4.69) is 339 Å². The molecule has 0 bridgehead atoms. The molecule has 12 aromatic carbocycles. The van der Waals surface area contributed by atoms with Crippen LogP contribution >= 0.6 is 0 Å². The Morgan fingerprint density at radius 3 is 1.61 bits per heavy atom. The number of fused-ring (bicyclic) bond motifs is 8. The molecule has 0 saturated carbocycles. The summed E-state index contributed by atoms with van der Waals surface area (Å²) in [6.07, 6.45) is 1.94. The van der Waals surface area contributed by atoms with Gasteiger partial charge in [0.15, 0.2) is 0 Å². The first kappa shape index (κ1) is 55.3. The van der Waals surface area contributed by atoms with Crippen LogP contribution in [-0.2, 0) is 31.9 Å². The van der Waals surface area contributed by atoms with E-state index in [4.69, 9.17) is 9.72 Å². The molecule has 0 unspecified atom stereocenters. The van der Waals surface area contributed by atoms with Gasteiger partial charge in [0.1, 0.15) is 5.82 Å². The summed E-state index contributed by atoms with van der Waals surface area (Å²) in [5.74, 6) is 1.95. The van der Waals surface area contributed by atoms with E-state index in [0.29, 0.717) is 11.5 Å². The van der Waals surface area contributed by atoms with E-state index in [9.17, 15) is 0 Å². The first-order valence-electron chi connectivity index (χ1n) is 30.2. The van der Waals surface area contributed by atoms with Gasteiger partial charge >= 0.3 is 0 Å². The van der Waals surface area contributed by atoms with Crippen molar-refractivity contribution in [3.8, 4) is 73.0 Å². The average Bonchev–Trinajstić information content (AvgIpc) is 1.59. The standard InChI is InChI=1S/C83H59N4O.Pt/c1-82(2,3)64-48-49-84-78(52-64)87-76-47-46-71-70-38-16-17-41-73(70)83(62-32-12-6-13-33-62,63-34-14-7-15-35-63)80(71)79(76)72-45-44-67(54-77(72)87)88-66-37-22-36-65(53-66)85-55-86(75-43-19-18-42-74(75)85)81-68(60-30-20-28-58(50-60)56-24-8-4-9-25-56)39-23-40-69(81)61-31-21-29-59(51-61)57-26-10-5-11-27-57;/h4-52,55H,1-3H3;/q-3;. The molecule has 3 heterocycles. The Hall–Kier alpha value is -10.3. The van der Waals surface area contributed by atoms with E-state index in [1.165, 1.54) is 50.1 Å². The van der Waals surface area contributed by atoms with Crippen LogP contribution < -0.4 is 14.5 Å². The van der Waals surface area contributed by atoms with Crippen molar-refractivity contribution in [2.45, 2.75) is 31.6 Å². The zero-order chi connectivity index (χ0) is 58.9. The zero-order valence-corrected chi connectivity index (χ0v) is 51.7. The number of hydrogen-bond donors (Lipinski definition) is 0. The van der Waals surface area contributed by atoms with Crippen molar-refractivity contribution in [1.29, 1.82) is 0 Å². The van der Waals surface area contributed by atoms with E-state index < -0.39 is 5.41 Å². The molecule has 2 aromatic heterocycles. The Bertz CT molecular complexity index is 4830. The SMILES string of the molecule is CC(C)(C)c1ccnc(-n2c3[c-]c(Oc4[c-]c(N5[CH-]N(c6c(-c7cccc(-c8ccccc8)c7)cccc6-c6cccc(-c7ccccc7)c6)c6ccccc65)ccc4)ccc3c3c4c(ccc32)-c2ccccc2C4(c2ccccc2)c2ccccc2)c1.[Pt]. The van der Waals surface area contributed by atoms with Crippen LogP contribution in [0.4, 0.5) is 22.7 Å². The molecule has 0 saturated heterocycles. The van der Waals surface area contributed by atoms with Gasteiger partial charge in [-0.3, -0.25) is 0 Å². The van der Waals surface area contributed by atoms with Gasteiger partial charge in [-0.1, -0.05) is 245 Å². The molecule has 0 amide bonds. The van der Waals surface area contributed by atoms with Gasteiger partial charge in [0.05, 0.1) is 5.41 Å². The molecule has 0 spiro atoms. The summed E-state index contributed by atoms with van der Waals surface area (Å²) in [7, 11) is 0. The number of benzene rings is 12. The first-order chi connectivity index (χ1) is 43.3. The van der Waals surface area contributed by atoms with E-state index in [1.54, 1.807) is 0 Å². The van der Waals surface area contributed by atoms with E-state index in [1.807, 2.05) is 12.3 Å². The minimum absolute atomic E-state index is 0. The number of para-hydroxylation sites is 3. The normalized spacial score (nSPS) is 13.0. The van der Waals surface area contributed by atoms with Gasteiger partial charge < -0.3 is 19.1 Å². The first-order valence-corrected chi connectivity index (χ1v) is 30.2. The Kier molecular flexibility index (Phi) is 13.9. The van der Waals surface area contributed by atoms with Crippen LogP contribution in [0.5, 0.6) is 11.5 Å². The maximum atomic E-state index is 7.02. The quantitative estimate of drug-likeness (QED) is 0.121. The maximum absolute atomic E-state index is 7.02. The van der Waals surface area contributed by atoms with E-state index in [-0.39, 0.29) is 26.5 Å². The van der Waals surface area contributed by atoms with Crippen LogP contribution in [0, 0.1) is 18.8 Å². The topological polar surface area (TPSA) is 33.5 Å². The smallest absolute Gasteiger partial charge is 0.135 e. The molecule has 6 heteroatoms. The van der Waals surface area contributed by atoms with Gasteiger partial charge in [-0.25, -0.2) is 4.98 Å². The van der Waals surface area contributed by atoms with Crippen LogP contribution in [0.3, 0.4) is 0 Å². The third kappa shape index (κ3) is 9.39. The summed E-state index contributed by atoms with van der Waals surface area (Å²) in [4.78, 5) is 9.74. The van der Waals surface area contributed by atoms with Crippen LogP contribution in [0.1, 0.15) is 48.6 Å². The molecule has 2 aliphatic rings. The second-order valence-corrected chi connectivity index (χ2v) is 23.9. The molecule has 0 radical (unpaired) electrons. The molecule has 16 rings (SSSR count). The molecule has 0 atom stereocenters. The molecular weight excluding hydrogens is 1260 g/mol. The predicted molar refractivity (Wildman–Crippen MR) is 362 cm³/mol. The van der Waals surface area contributed by atoms with Crippen molar-refractivity contribution >= 4 is 44.6 Å². The van der Waals surface area contributed by atoms with Gasteiger partial charge in [0.25, 0.3) is 0 Å². The fourth-order valence-electron chi connectivity index (χ4n) is 13.8. The van der Waals surface area contributed by atoms with Gasteiger partial charge in [-0.15, -0.1) is 48.1 Å². The number of hydrogen-bond acceptors (Lipinski definition) is 4. The summed E-state index contributed by atoms with van der Waals surface area (Å²) in [5, 5.41) is 2.21. The average molecular weight is 1320 g/mol. The largest absolute Gasteiger partial charge is 0.509 e. The van der Waals surface area contributed by atoms with Gasteiger partial charge in [0, 0.05) is 72.5 Å². The molecular formula is C83H59N4OPt-3. The predicted octanol–water partition coefficient (Wildman–Crippen LogP) is 21.3. The third-order valence-electron chi connectivity index (χ3n) is 17.8. The second kappa shape index (κ2) is 22.4. The Morgan fingerprint density at radius 1 is 0.438 bits per heavy atom. The monoisotopic (exact) mass is 1320 g/mol. The van der Waals surface area contributed by atoms with Gasteiger partial charge in [0.2, 0.25) is 0 Å². The van der Waals surface area contributed by atoms with Crippen LogP contribution in [-0.4, -0.2) is 9.55 Å². The molecule has 430 valence electrons. The Balaban J connectivity index is 0.00000663. The number of ether oxygens (including phenoxy) is 1. The van der Waals surface area contributed by atoms with Crippen LogP contribution in [0.2, 0.25) is 0 Å². The van der Waals surface area contributed by atoms with Crippen molar-refractivity contribution in [3.63, 3.8) is 0 Å². The summed E-state index contributed by atoms with van der Waals surface area (Å²) in [6, 6.07) is 112. The number of anilines is 4. The molecule has 1 aliphatic heterocycles. The number of aromatic nitrogens is 2. The van der Waals surface area contributed by atoms with Crippen LogP contribution in [0.15, 0.2) is 297 Å². The summed E-state index contributed by atoms with van der Waals surface area (Å²) < 4.78 is 9.32. The third-order valence-corrected chi connectivity index (χ3v) is 17.8. The Morgan fingerprint density at radius 2 is 0.966 bits per heavy atom. The van der Waals surface area contributed by atoms with Crippen molar-refractivity contribution in [1.82, 2.24) is 9.55 Å². The molecule has 1 aliphatic carbocycles. The molecule has 0 N–H and O–H groups in total. The summed E-state index contributed by atoms with van der Waals surface area (Å²) >= 11 is 0. The van der Waals surface area contributed by atoms with Gasteiger partial charge in [-0.05, 0) is 126 Å². The number of pyridine rings is 1. The van der Waals surface area contributed by atoms with Gasteiger partial charge in [-0.2, -0.15) is 12.1 Å². The van der Waals surface area contributed by atoms with Crippen molar-refractivity contribution < 1.29 is 25.8 Å². The minimum Gasteiger partial charge on any atom is -0.509 e. The summed E-state index contributed by atoms with van der Waals surface area (Å²) in [6.45, 7) is 8.97. The number of nitrogens with zero attached hydrogens (tertiary/aromatic N) is 4. The molecule has 14 aromatic rings. The minimum atomic E-state index is -0.635. The fourth-order valence-corrected chi connectivity index (χ4v) is 13.8. The van der Waals surface area contributed by atoms with Crippen molar-refractivity contribution in [3.05, 3.63) is 344 Å². The fraction of sp³-hybridized carbons (Fsp3) is 0.0602. The van der Waals surface area contributed by atoms with E-state index in [0.717, 1.165) is 83.8 Å². The Labute approximate surface area is 534 Å². The molecule has 5 nitrogen and oxygen atoms in total. The summed E-state index contributed by atoms with van der Waals surface area (Å²) in [5.41, 5.74) is 22.8. The van der Waals surface area contributed by atoms with Crippen molar-refractivity contribution in [2.24, 2.45) is 0 Å². The molecule has 89 heavy (non-hydrogen) atoms. The maximum Gasteiger partial charge on any atom is 0.135 e. The van der Waals surface area contributed by atoms with Crippen molar-refractivity contribution in [2.75, 3.05) is 9.80 Å². The zero-order valence-electron chi connectivity index (χ0n) is 49.4.